The van der Waals surface area contributed by atoms with Gasteiger partial charge in [0, 0.05) is 18.2 Å². The summed E-state index contributed by atoms with van der Waals surface area (Å²) >= 11 is 0. The third kappa shape index (κ3) is 4.43. The lowest BCUT2D eigenvalue weighted by Gasteiger charge is -2.28. The fraction of sp³-hybridized carbons (Fsp3) is 0.227. The number of fused-ring (bicyclic) bond motifs is 1. The van der Waals surface area contributed by atoms with Crippen molar-refractivity contribution in [3.05, 3.63) is 76.0 Å². The van der Waals surface area contributed by atoms with E-state index in [-0.39, 0.29) is 24.5 Å². The summed E-state index contributed by atoms with van der Waals surface area (Å²) in [6, 6.07) is 13.7. The molecule has 0 spiro atoms. The zero-order valence-corrected chi connectivity index (χ0v) is 17.4. The van der Waals surface area contributed by atoms with Crippen LogP contribution in [0, 0.1) is 10.1 Å². The van der Waals surface area contributed by atoms with Gasteiger partial charge >= 0.3 is 0 Å². The maximum Gasteiger partial charge on any atom is 0.271 e. The molecule has 0 saturated carbocycles. The number of nitrogens with one attached hydrogen (secondary N) is 1. The first-order valence-corrected chi connectivity index (χ1v) is 10.1. The molecular weight excluding hydrogens is 414 g/mol. The lowest BCUT2D eigenvalue weighted by atomic mass is 10.1. The molecule has 164 valence electrons. The summed E-state index contributed by atoms with van der Waals surface area (Å²) in [4.78, 5) is 36.8. The third-order valence-electron chi connectivity index (χ3n) is 5.15. The van der Waals surface area contributed by atoms with Crippen LogP contribution < -0.4 is 15.0 Å². The molecule has 1 N–H and O–H groups in total. The van der Waals surface area contributed by atoms with E-state index in [9.17, 15) is 19.7 Å². The average molecular weight is 435 g/mol. The van der Waals surface area contributed by atoms with Crippen LogP contribution in [0.25, 0.3) is 0 Å². The first-order valence-electron chi connectivity index (χ1n) is 10.1. The summed E-state index contributed by atoms with van der Waals surface area (Å²) < 4.78 is 6.98. The van der Waals surface area contributed by atoms with Crippen LogP contribution in [-0.2, 0) is 22.6 Å². The van der Waals surface area contributed by atoms with Crippen LogP contribution in [0.15, 0.2) is 54.7 Å². The molecule has 0 bridgehead atoms. The number of aryl methyl sites for hydroxylation is 1. The maximum atomic E-state index is 12.7. The number of benzene rings is 2. The quantitative estimate of drug-likeness (QED) is 0.450. The molecule has 2 aromatic carbocycles. The van der Waals surface area contributed by atoms with E-state index in [0.29, 0.717) is 18.1 Å². The van der Waals surface area contributed by atoms with Crippen LogP contribution in [0.3, 0.4) is 0 Å². The van der Waals surface area contributed by atoms with Crippen LogP contribution in [-0.4, -0.2) is 39.7 Å². The highest BCUT2D eigenvalue weighted by molar-refractivity contribution is 6.05. The van der Waals surface area contributed by atoms with Crippen LogP contribution in [0.2, 0.25) is 0 Å². The molecule has 2 heterocycles. The topological polar surface area (TPSA) is 120 Å². The summed E-state index contributed by atoms with van der Waals surface area (Å²) in [5.74, 6) is -0.128. The molecular formula is C22H21N5O5. The first-order chi connectivity index (χ1) is 15.4. The number of rotatable bonds is 7. The molecule has 32 heavy (non-hydrogen) atoms. The maximum absolute atomic E-state index is 12.7. The summed E-state index contributed by atoms with van der Waals surface area (Å²) in [7, 11) is 0. The highest BCUT2D eigenvalue weighted by Crippen LogP contribution is 2.35. The highest BCUT2D eigenvalue weighted by Gasteiger charge is 2.29. The van der Waals surface area contributed by atoms with E-state index < -0.39 is 16.7 Å². The van der Waals surface area contributed by atoms with Gasteiger partial charge in [-0.1, -0.05) is 31.2 Å². The Kier molecular flexibility index (Phi) is 5.84. The van der Waals surface area contributed by atoms with Crippen molar-refractivity contribution in [1.29, 1.82) is 0 Å². The number of amides is 2. The van der Waals surface area contributed by atoms with E-state index in [1.165, 1.54) is 28.7 Å². The van der Waals surface area contributed by atoms with Gasteiger partial charge in [0.2, 0.25) is 5.91 Å². The molecule has 0 unspecified atom stereocenters. The van der Waals surface area contributed by atoms with E-state index in [1.807, 2.05) is 12.1 Å². The number of aromatic nitrogens is 2. The number of nitro benzene ring substituents is 1. The van der Waals surface area contributed by atoms with Crippen molar-refractivity contribution >= 4 is 29.0 Å². The van der Waals surface area contributed by atoms with Gasteiger partial charge in [0.1, 0.15) is 18.1 Å². The fourth-order valence-corrected chi connectivity index (χ4v) is 3.42. The SMILES string of the molecule is CCc1ccc(Cn2nccc2NC(=O)CN2C(=O)COc3ccc([N+](=O)[O-])cc32)cc1. The number of hydrogen-bond acceptors (Lipinski definition) is 6. The van der Waals surface area contributed by atoms with Crippen LogP contribution in [0.1, 0.15) is 18.1 Å². The number of non-ortho nitro benzene ring substituents is 1. The molecule has 0 fully saturated rings. The smallest absolute Gasteiger partial charge is 0.271 e. The predicted octanol–water partition coefficient (Wildman–Crippen LogP) is 2.77. The van der Waals surface area contributed by atoms with E-state index >= 15 is 0 Å². The van der Waals surface area contributed by atoms with Gasteiger partial charge in [-0.2, -0.15) is 5.10 Å². The molecule has 10 nitrogen and oxygen atoms in total. The van der Waals surface area contributed by atoms with Crippen molar-refractivity contribution in [3.63, 3.8) is 0 Å². The number of carbonyl (C=O) groups excluding carboxylic acids is 2. The van der Waals surface area contributed by atoms with Crippen molar-refractivity contribution in [2.75, 3.05) is 23.4 Å². The van der Waals surface area contributed by atoms with E-state index in [4.69, 9.17) is 4.74 Å². The minimum Gasteiger partial charge on any atom is -0.482 e. The highest BCUT2D eigenvalue weighted by atomic mass is 16.6. The van der Waals surface area contributed by atoms with Gasteiger partial charge < -0.3 is 10.1 Å². The lowest BCUT2D eigenvalue weighted by Crippen LogP contribution is -2.43. The second kappa shape index (κ2) is 8.88. The van der Waals surface area contributed by atoms with E-state index in [0.717, 1.165) is 12.0 Å². The Hall–Kier alpha value is -4.21. The normalized spacial score (nSPS) is 12.8. The van der Waals surface area contributed by atoms with Crippen LogP contribution in [0.5, 0.6) is 5.75 Å². The molecule has 1 aromatic heterocycles. The number of carbonyl (C=O) groups is 2. The largest absolute Gasteiger partial charge is 0.482 e. The first kappa shape index (κ1) is 21.0. The minimum absolute atomic E-state index is 0.190. The molecule has 1 aliphatic heterocycles. The zero-order chi connectivity index (χ0) is 22.7. The number of anilines is 2. The average Bonchev–Trinajstić information content (AvgIpc) is 3.22. The molecule has 3 aromatic rings. The monoisotopic (exact) mass is 435 g/mol. The van der Waals surface area contributed by atoms with Gasteiger partial charge in [0.25, 0.3) is 11.6 Å². The minimum atomic E-state index is -0.566. The van der Waals surface area contributed by atoms with Crippen molar-refractivity contribution in [2.24, 2.45) is 0 Å². The Morgan fingerprint density at radius 2 is 1.94 bits per heavy atom. The Labute approximate surface area is 183 Å². The molecule has 2 amide bonds. The van der Waals surface area contributed by atoms with Gasteiger partial charge in [-0.3, -0.25) is 24.6 Å². The Morgan fingerprint density at radius 3 is 2.66 bits per heavy atom. The Bertz CT molecular complexity index is 1170. The molecule has 4 rings (SSSR count). The summed E-state index contributed by atoms with van der Waals surface area (Å²) in [6.07, 6.45) is 2.53. The van der Waals surface area contributed by atoms with E-state index in [1.54, 1.807) is 16.9 Å². The van der Waals surface area contributed by atoms with Crippen molar-refractivity contribution < 1.29 is 19.2 Å². The van der Waals surface area contributed by atoms with Gasteiger partial charge in [-0.05, 0) is 23.6 Å². The number of hydrogen-bond donors (Lipinski definition) is 1. The fourth-order valence-electron chi connectivity index (χ4n) is 3.42. The standard InChI is InChI=1S/C22H21N5O5/c1-2-15-3-5-16(6-4-15)12-26-20(9-10-23-26)24-21(28)13-25-18-11-17(27(30)31)7-8-19(18)32-14-22(25)29/h3-11H,2,12-14H2,1H3,(H,24,28). The van der Waals surface area contributed by atoms with Gasteiger partial charge in [0.15, 0.2) is 6.61 Å². The Balaban J connectivity index is 1.48. The zero-order valence-electron chi connectivity index (χ0n) is 17.4. The molecule has 10 heteroatoms. The number of nitro groups is 1. The van der Waals surface area contributed by atoms with Crippen molar-refractivity contribution in [1.82, 2.24) is 9.78 Å². The van der Waals surface area contributed by atoms with Crippen molar-refractivity contribution in [2.45, 2.75) is 19.9 Å². The molecule has 1 aliphatic rings. The second-order valence-corrected chi connectivity index (χ2v) is 7.27. The van der Waals surface area contributed by atoms with E-state index in [2.05, 4.69) is 29.5 Å². The van der Waals surface area contributed by atoms with Crippen LogP contribution in [0.4, 0.5) is 17.2 Å². The Morgan fingerprint density at radius 1 is 1.19 bits per heavy atom. The second-order valence-electron chi connectivity index (χ2n) is 7.27. The lowest BCUT2D eigenvalue weighted by molar-refractivity contribution is -0.384. The van der Waals surface area contributed by atoms with Crippen LogP contribution >= 0.6 is 0 Å². The predicted molar refractivity (Wildman–Crippen MR) is 117 cm³/mol. The van der Waals surface area contributed by atoms with Gasteiger partial charge in [-0.15, -0.1) is 0 Å². The van der Waals surface area contributed by atoms with Gasteiger partial charge in [0.05, 0.1) is 23.4 Å². The molecule has 0 radical (unpaired) electrons. The number of nitrogens with zero attached hydrogens (tertiary/aromatic N) is 4. The summed E-state index contributed by atoms with van der Waals surface area (Å²) in [6.45, 7) is 2.00. The summed E-state index contributed by atoms with van der Waals surface area (Å²) in [5, 5.41) is 18.1. The van der Waals surface area contributed by atoms with Crippen molar-refractivity contribution in [3.8, 4) is 5.75 Å². The summed E-state index contributed by atoms with van der Waals surface area (Å²) in [5.41, 5.74) is 2.26. The molecule has 0 saturated heterocycles. The molecule has 0 atom stereocenters. The molecule has 0 aliphatic carbocycles. The number of ether oxygens (including phenoxy) is 1. The van der Waals surface area contributed by atoms with Gasteiger partial charge in [-0.25, -0.2) is 4.68 Å². The third-order valence-corrected chi connectivity index (χ3v) is 5.15.